The van der Waals surface area contributed by atoms with Crippen molar-refractivity contribution in [3.05, 3.63) is 48.0 Å². The average Bonchev–Trinajstić information content (AvgIpc) is 2.85. The van der Waals surface area contributed by atoms with Gasteiger partial charge in [-0.3, -0.25) is 4.79 Å². The fourth-order valence-corrected chi connectivity index (χ4v) is 4.03. The van der Waals surface area contributed by atoms with Crippen LogP contribution in [0.5, 0.6) is 0 Å². The van der Waals surface area contributed by atoms with Crippen molar-refractivity contribution in [2.24, 2.45) is 0 Å². The molecule has 2 aliphatic heterocycles. The molecule has 3 N–H and O–H groups in total. The van der Waals surface area contributed by atoms with E-state index in [0.717, 1.165) is 40.6 Å². The van der Waals surface area contributed by atoms with E-state index in [1.165, 1.54) is 4.90 Å². The molecule has 0 bridgehead atoms. The molecule has 2 aliphatic rings. The monoisotopic (exact) mass is 354 g/mol. The van der Waals surface area contributed by atoms with E-state index < -0.39 is 5.54 Å². The zero-order chi connectivity index (χ0) is 18.3. The molecule has 0 saturated carbocycles. The second-order valence-corrected chi connectivity index (χ2v) is 7.51. The van der Waals surface area contributed by atoms with Crippen LogP contribution in [0, 0.1) is 0 Å². The molecule has 3 atom stereocenters. The maximum atomic E-state index is 13.1. The molecule has 2 aromatic carbocycles. The SMILES string of the molecule is C[C@]1(c2ccc3ccccc3c2)NC(=O)N(C[NH+]2CCC[C@H](O)C2)C1=O. The maximum absolute atomic E-state index is 13.1. The molecule has 1 unspecified atom stereocenters. The van der Waals surface area contributed by atoms with Crippen LogP contribution < -0.4 is 10.2 Å². The van der Waals surface area contributed by atoms with Crippen molar-refractivity contribution in [1.82, 2.24) is 10.2 Å². The van der Waals surface area contributed by atoms with E-state index in [1.807, 2.05) is 42.5 Å². The largest absolute Gasteiger partial charge is 0.387 e. The van der Waals surface area contributed by atoms with Gasteiger partial charge in [-0.05, 0) is 42.2 Å². The zero-order valence-corrected chi connectivity index (χ0v) is 14.9. The van der Waals surface area contributed by atoms with Crippen molar-refractivity contribution in [1.29, 1.82) is 0 Å². The predicted molar refractivity (Wildman–Crippen MR) is 97.5 cm³/mol. The van der Waals surface area contributed by atoms with Gasteiger partial charge in [-0.25, -0.2) is 9.69 Å². The Balaban J connectivity index is 1.60. The molecular weight excluding hydrogens is 330 g/mol. The number of amides is 3. The van der Waals surface area contributed by atoms with Crippen LogP contribution in [0.15, 0.2) is 42.5 Å². The van der Waals surface area contributed by atoms with Gasteiger partial charge in [0.1, 0.15) is 18.2 Å². The van der Waals surface area contributed by atoms with E-state index in [-0.39, 0.29) is 18.0 Å². The Labute approximate surface area is 152 Å². The van der Waals surface area contributed by atoms with Crippen LogP contribution in [-0.4, -0.2) is 47.8 Å². The number of nitrogens with one attached hydrogen (secondary N) is 2. The van der Waals surface area contributed by atoms with Gasteiger partial charge in [0.05, 0.1) is 6.54 Å². The minimum Gasteiger partial charge on any atom is -0.387 e. The van der Waals surface area contributed by atoms with Crippen LogP contribution >= 0.6 is 0 Å². The van der Waals surface area contributed by atoms with Gasteiger partial charge >= 0.3 is 6.03 Å². The number of carbonyl (C=O) groups excluding carboxylic acids is 2. The molecule has 136 valence electrons. The van der Waals surface area contributed by atoms with Crippen LogP contribution in [0.2, 0.25) is 0 Å². The molecule has 2 fully saturated rings. The molecule has 26 heavy (non-hydrogen) atoms. The van der Waals surface area contributed by atoms with E-state index >= 15 is 0 Å². The summed E-state index contributed by atoms with van der Waals surface area (Å²) in [5.41, 5.74) is -0.277. The van der Waals surface area contributed by atoms with Crippen molar-refractivity contribution in [3.8, 4) is 0 Å². The zero-order valence-electron chi connectivity index (χ0n) is 14.9. The molecule has 2 saturated heterocycles. The van der Waals surface area contributed by atoms with Gasteiger partial charge < -0.3 is 15.3 Å². The molecule has 6 heteroatoms. The van der Waals surface area contributed by atoms with Crippen LogP contribution in [0.4, 0.5) is 4.79 Å². The molecule has 2 aromatic rings. The average molecular weight is 354 g/mol. The molecule has 2 heterocycles. The number of piperidine rings is 1. The predicted octanol–water partition coefficient (Wildman–Crippen LogP) is 0.604. The first kappa shape index (κ1) is 17.0. The Morgan fingerprint density at radius 3 is 2.77 bits per heavy atom. The number of hydrogen-bond acceptors (Lipinski definition) is 3. The van der Waals surface area contributed by atoms with Crippen molar-refractivity contribution in [2.75, 3.05) is 19.8 Å². The molecule has 0 aromatic heterocycles. The third kappa shape index (κ3) is 2.85. The fourth-order valence-electron chi connectivity index (χ4n) is 4.03. The molecule has 6 nitrogen and oxygen atoms in total. The molecule has 0 radical (unpaired) electrons. The van der Waals surface area contributed by atoms with Crippen LogP contribution in [0.1, 0.15) is 25.3 Å². The number of carbonyl (C=O) groups is 2. The first-order valence-electron chi connectivity index (χ1n) is 9.12. The number of aliphatic hydroxyl groups is 1. The van der Waals surface area contributed by atoms with Gasteiger partial charge in [0.25, 0.3) is 5.91 Å². The summed E-state index contributed by atoms with van der Waals surface area (Å²) in [6, 6.07) is 13.4. The first-order chi connectivity index (χ1) is 12.5. The minimum absolute atomic E-state index is 0.231. The number of likely N-dealkylation sites (tertiary alicyclic amines) is 1. The highest BCUT2D eigenvalue weighted by atomic mass is 16.3. The Kier molecular flexibility index (Phi) is 4.17. The Morgan fingerprint density at radius 1 is 1.23 bits per heavy atom. The third-order valence-corrected chi connectivity index (χ3v) is 5.58. The quantitative estimate of drug-likeness (QED) is 0.707. The normalized spacial score (nSPS) is 29.2. The number of benzene rings is 2. The molecule has 0 spiro atoms. The van der Waals surface area contributed by atoms with Crippen LogP contribution in [0.25, 0.3) is 10.8 Å². The highest BCUT2D eigenvalue weighted by Crippen LogP contribution is 2.30. The maximum Gasteiger partial charge on any atom is 0.329 e. The lowest BCUT2D eigenvalue weighted by Gasteiger charge is -2.29. The van der Waals surface area contributed by atoms with E-state index in [9.17, 15) is 14.7 Å². The fraction of sp³-hybridized carbons (Fsp3) is 0.400. The van der Waals surface area contributed by atoms with Gasteiger partial charge in [-0.1, -0.05) is 36.4 Å². The topological polar surface area (TPSA) is 74.1 Å². The summed E-state index contributed by atoms with van der Waals surface area (Å²) >= 11 is 0. The molecule has 0 aliphatic carbocycles. The summed E-state index contributed by atoms with van der Waals surface area (Å²) < 4.78 is 0. The number of fused-ring (bicyclic) bond motifs is 1. The first-order valence-corrected chi connectivity index (χ1v) is 9.12. The van der Waals surface area contributed by atoms with Gasteiger partial charge in [-0.2, -0.15) is 0 Å². The summed E-state index contributed by atoms with van der Waals surface area (Å²) in [5.74, 6) is -0.231. The number of rotatable bonds is 3. The van der Waals surface area contributed by atoms with E-state index in [2.05, 4.69) is 5.32 Å². The minimum atomic E-state index is -1.06. The van der Waals surface area contributed by atoms with Crippen molar-refractivity contribution < 1.29 is 19.6 Å². The number of quaternary nitrogens is 1. The molecule has 3 amide bonds. The van der Waals surface area contributed by atoms with Crippen molar-refractivity contribution >= 4 is 22.7 Å². The lowest BCUT2D eigenvalue weighted by Crippen LogP contribution is -3.15. The Morgan fingerprint density at radius 2 is 2.00 bits per heavy atom. The number of urea groups is 1. The Hall–Kier alpha value is -2.44. The lowest BCUT2D eigenvalue weighted by atomic mass is 9.90. The van der Waals surface area contributed by atoms with Crippen molar-refractivity contribution in [3.63, 3.8) is 0 Å². The Bertz CT molecular complexity index is 868. The van der Waals surface area contributed by atoms with Gasteiger partial charge in [0.2, 0.25) is 0 Å². The van der Waals surface area contributed by atoms with Gasteiger partial charge in [0, 0.05) is 0 Å². The highest BCUT2D eigenvalue weighted by Gasteiger charge is 2.50. The van der Waals surface area contributed by atoms with E-state index in [4.69, 9.17) is 0 Å². The molecule has 4 rings (SSSR count). The summed E-state index contributed by atoms with van der Waals surface area (Å²) in [6.45, 7) is 3.49. The van der Waals surface area contributed by atoms with Crippen LogP contribution in [0.3, 0.4) is 0 Å². The summed E-state index contributed by atoms with van der Waals surface area (Å²) in [5, 5.41) is 14.9. The van der Waals surface area contributed by atoms with Gasteiger partial charge in [0.15, 0.2) is 6.67 Å². The standard InChI is InChI=1S/C20H23N3O3/c1-20(16-9-8-14-5-2-3-6-15(14)11-16)18(25)23(19(26)21-20)13-22-10-4-7-17(24)12-22/h2-3,5-6,8-9,11,17,24H,4,7,10,12-13H2,1H3,(H,21,26)/p+1/t17-,20+/m0/s1. The van der Waals surface area contributed by atoms with Crippen LogP contribution in [-0.2, 0) is 10.3 Å². The number of nitrogens with zero attached hydrogens (tertiary/aromatic N) is 1. The summed E-state index contributed by atoms with van der Waals surface area (Å²) in [4.78, 5) is 28.0. The number of aliphatic hydroxyl groups excluding tert-OH is 1. The van der Waals surface area contributed by atoms with E-state index in [1.54, 1.807) is 6.92 Å². The summed E-state index contributed by atoms with van der Waals surface area (Å²) in [6.07, 6.45) is 1.34. The smallest absolute Gasteiger partial charge is 0.329 e. The second kappa shape index (κ2) is 6.37. The summed E-state index contributed by atoms with van der Waals surface area (Å²) in [7, 11) is 0. The third-order valence-electron chi connectivity index (χ3n) is 5.58. The number of hydrogen-bond donors (Lipinski definition) is 3. The van der Waals surface area contributed by atoms with Gasteiger partial charge in [-0.15, -0.1) is 0 Å². The second-order valence-electron chi connectivity index (χ2n) is 7.51. The highest BCUT2D eigenvalue weighted by molar-refractivity contribution is 6.07. The lowest BCUT2D eigenvalue weighted by molar-refractivity contribution is -0.915. The number of imide groups is 1. The molecular formula is C20H24N3O3+. The van der Waals surface area contributed by atoms with E-state index in [0.29, 0.717) is 13.2 Å². The van der Waals surface area contributed by atoms with Crippen molar-refractivity contribution in [2.45, 2.75) is 31.4 Å².